The summed E-state index contributed by atoms with van der Waals surface area (Å²) in [6.45, 7) is 0.488. The molecule has 2 aromatic rings. The zero-order valence-electron chi connectivity index (χ0n) is 16.0. The van der Waals surface area contributed by atoms with Gasteiger partial charge in [0, 0.05) is 40.7 Å². The molecule has 0 radical (unpaired) electrons. The van der Waals surface area contributed by atoms with Gasteiger partial charge in [-0.2, -0.15) is 0 Å². The normalized spacial score (nSPS) is 17.8. The van der Waals surface area contributed by atoms with E-state index in [0.717, 1.165) is 16.7 Å². The van der Waals surface area contributed by atoms with E-state index in [2.05, 4.69) is 10.6 Å². The van der Waals surface area contributed by atoms with Crippen LogP contribution in [0.3, 0.4) is 0 Å². The van der Waals surface area contributed by atoms with Crippen molar-refractivity contribution in [1.29, 1.82) is 0 Å². The van der Waals surface area contributed by atoms with Gasteiger partial charge in [0.25, 0.3) is 0 Å². The zero-order chi connectivity index (χ0) is 21.0. The third-order valence-electron chi connectivity index (χ3n) is 4.96. The molecule has 1 aliphatic heterocycles. The Labute approximate surface area is 179 Å². The molecule has 0 bridgehead atoms. The van der Waals surface area contributed by atoms with Gasteiger partial charge in [-0.25, -0.2) is 4.79 Å². The van der Waals surface area contributed by atoms with Crippen LogP contribution in [0.4, 0.5) is 5.69 Å². The van der Waals surface area contributed by atoms with Crippen LogP contribution in [0.1, 0.15) is 35.6 Å². The van der Waals surface area contributed by atoms with E-state index in [-0.39, 0.29) is 5.91 Å². The maximum atomic E-state index is 12.6. The fraction of sp³-hybridized carbons (Fsp3) is 0.333. The summed E-state index contributed by atoms with van der Waals surface area (Å²) in [6.07, 6.45) is 1.25. The molecular weight excluding hydrogens is 413 g/mol. The number of hydrogen-bond donors (Lipinski definition) is 3. The van der Waals surface area contributed by atoms with Crippen LogP contribution in [0.25, 0.3) is 0 Å². The van der Waals surface area contributed by atoms with Gasteiger partial charge in [0.1, 0.15) is 6.04 Å². The number of benzene rings is 2. The molecule has 2 aromatic carbocycles. The number of nitrogens with two attached hydrogens (primary N) is 1. The number of hydrogen-bond acceptors (Lipinski definition) is 5. The van der Waals surface area contributed by atoms with Crippen LogP contribution in [0.15, 0.2) is 36.4 Å². The highest BCUT2D eigenvalue weighted by atomic mass is 35.5. The molecule has 3 rings (SSSR count). The summed E-state index contributed by atoms with van der Waals surface area (Å²) >= 11 is 12.5. The van der Waals surface area contributed by atoms with Gasteiger partial charge in [-0.15, -0.1) is 0 Å². The topological polar surface area (TPSA) is 93.5 Å². The first-order chi connectivity index (χ1) is 13.9. The third-order valence-corrected chi connectivity index (χ3v) is 5.50. The lowest BCUT2D eigenvalue weighted by atomic mass is 9.92. The van der Waals surface area contributed by atoms with E-state index in [1.165, 1.54) is 7.11 Å². The molecular formula is C21H23Cl2N3O3. The molecule has 0 aliphatic carbocycles. The number of nitrogens with one attached hydrogen (secondary N) is 2. The molecule has 6 nitrogen and oxygen atoms in total. The molecule has 1 heterocycles. The highest BCUT2D eigenvalue weighted by Crippen LogP contribution is 2.40. The van der Waals surface area contributed by atoms with Gasteiger partial charge < -0.3 is 21.1 Å². The van der Waals surface area contributed by atoms with E-state index in [1.54, 1.807) is 12.1 Å². The second-order valence-electron chi connectivity index (χ2n) is 6.95. The number of carbonyl (C=O) groups excluding carboxylic acids is 2. The second kappa shape index (κ2) is 9.48. The first-order valence-corrected chi connectivity index (χ1v) is 10.1. The fourth-order valence-corrected chi connectivity index (χ4v) is 4.08. The Kier molecular flexibility index (Phi) is 7.00. The number of aryl methyl sites for hydroxylation is 1. The van der Waals surface area contributed by atoms with Crippen LogP contribution in [-0.2, 0) is 27.3 Å². The summed E-state index contributed by atoms with van der Waals surface area (Å²) in [5.41, 5.74) is 9.05. The molecule has 2 unspecified atom stereocenters. The average Bonchev–Trinajstić information content (AvgIpc) is 2.71. The minimum atomic E-state index is -0.601. The van der Waals surface area contributed by atoms with Crippen molar-refractivity contribution in [1.82, 2.24) is 5.32 Å². The number of rotatable bonds is 6. The summed E-state index contributed by atoms with van der Waals surface area (Å²) in [6, 6.07) is 10.2. The number of amides is 1. The number of methoxy groups -OCH3 is 1. The van der Waals surface area contributed by atoms with Crippen LogP contribution >= 0.6 is 23.2 Å². The van der Waals surface area contributed by atoms with Crippen molar-refractivity contribution in [2.45, 2.75) is 37.9 Å². The third kappa shape index (κ3) is 5.21. The molecule has 154 valence electrons. The highest BCUT2D eigenvalue weighted by Gasteiger charge is 2.34. The molecule has 0 saturated carbocycles. The molecule has 1 aliphatic rings. The van der Waals surface area contributed by atoms with Crippen molar-refractivity contribution in [2.24, 2.45) is 5.73 Å². The summed E-state index contributed by atoms with van der Waals surface area (Å²) in [5.74, 6) is -0.536. The number of anilines is 1. The molecule has 2 atom stereocenters. The van der Waals surface area contributed by atoms with Crippen molar-refractivity contribution in [2.75, 3.05) is 12.4 Å². The summed E-state index contributed by atoms with van der Waals surface area (Å²) in [7, 11) is 1.33. The molecule has 0 saturated heterocycles. The van der Waals surface area contributed by atoms with Gasteiger partial charge in [-0.3, -0.25) is 4.79 Å². The first kappa shape index (κ1) is 21.4. The highest BCUT2D eigenvalue weighted by molar-refractivity contribution is 6.35. The van der Waals surface area contributed by atoms with Crippen molar-refractivity contribution in [3.63, 3.8) is 0 Å². The largest absolute Gasteiger partial charge is 0.467 e. The Balaban J connectivity index is 1.72. The maximum Gasteiger partial charge on any atom is 0.328 e. The molecule has 1 amide bonds. The van der Waals surface area contributed by atoms with Crippen molar-refractivity contribution >= 4 is 40.8 Å². The minimum absolute atomic E-state index is 0.125. The predicted octanol–water partition coefficient (Wildman–Crippen LogP) is 3.60. The van der Waals surface area contributed by atoms with Crippen LogP contribution in [-0.4, -0.2) is 25.0 Å². The number of halogens is 2. The minimum Gasteiger partial charge on any atom is -0.467 e. The second-order valence-corrected chi connectivity index (χ2v) is 7.79. The van der Waals surface area contributed by atoms with E-state index < -0.39 is 18.1 Å². The van der Waals surface area contributed by atoms with Crippen molar-refractivity contribution in [3.05, 3.63) is 63.1 Å². The summed E-state index contributed by atoms with van der Waals surface area (Å²) < 4.78 is 4.85. The van der Waals surface area contributed by atoms with Gasteiger partial charge in [0.05, 0.1) is 13.2 Å². The number of ether oxygens (including phenoxy) is 1. The molecule has 4 N–H and O–H groups in total. The Hall–Kier alpha value is -2.28. The number of fused-ring (bicyclic) bond motifs is 1. The Morgan fingerprint density at radius 3 is 2.55 bits per heavy atom. The van der Waals surface area contributed by atoms with E-state index in [4.69, 9.17) is 33.7 Å². The van der Waals surface area contributed by atoms with Crippen LogP contribution < -0.4 is 16.4 Å². The van der Waals surface area contributed by atoms with E-state index in [0.29, 0.717) is 41.5 Å². The van der Waals surface area contributed by atoms with Crippen LogP contribution in [0, 0.1) is 0 Å². The monoisotopic (exact) mass is 435 g/mol. The van der Waals surface area contributed by atoms with Gasteiger partial charge in [-0.1, -0.05) is 47.5 Å². The quantitative estimate of drug-likeness (QED) is 0.602. The lowest BCUT2D eigenvalue weighted by Gasteiger charge is -2.33. The Morgan fingerprint density at radius 1 is 1.21 bits per heavy atom. The number of esters is 1. The fourth-order valence-electron chi connectivity index (χ4n) is 3.45. The lowest BCUT2D eigenvalue weighted by molar-refractivity contribution is -0.142. The van der Waals surface area contributed by atoms with Gasteiger partial charge in [-0.05, 0) is 29.7 Å². The molecule has 0 fully saturated rings. The molecule has 8 heteroatoms. The Morgan fingerprint density at radius 2 is 1.90 bits per heavy atom. The predicted molar refractivity (Wildman–Crippen MR) is 114 cm³/mol. The smallest absolute Gasteiger partial charge is 0.328 e. The van der Waals surface area contributed by atoms with E-state index >= 15 is 0 Å². The van der Waals surface area contributed by atoms with Crippen molar-refractivity contribution < 1.29 is 14.3 Å². The van der Waals surface area contributed by atoms with Crippen molar-refractivity contribution in [3.8, 4) is 0 Å². The summed E-state index contributed by atoms with van der Waals surface area (Å²) in [5, 5.41) is 6.98. The first-order valence-electron chi connectivity index (χ1n) is 9.31. The zero-order valence-corrected chi connectivity index (χ0v) is 17.5. The Bertz CT molecular complexity index is 903. The van der Waals surface area contributed by atoms with Crippen LogP contribution in [0.5, 0.6) is 0 Å². The van der Waals surface area contributed by atoms with E-state index in [9.17, 15) is 9.59 Å². The summed E-state index contributed by atoms with van der Waals surface area (Å²) in [4.78, 5) is 24.7. The lowest BCUT2D eigenvalue weighted by Crippen LogP contribution is -2.41. The van der Waals surface area contributed by atoms with Gasteiger partial charge in [0.15, 0.2) is 0 Å². The standard InChI is InChI=1S/C21H23Cl2N3O3/c1-29-21(28)18-10-17(20-15(23)8-14(22)9-16(20)25-18)26-19(27)7-6-12-2-4-13(11-24)5-3-12/h2-5,8-9,17-18,25H,6-7,10-11,24H2,1H3,(H,26,27). The van der Waals surface area contributed by atoms with Gasteiger partial charge in [0.2, 0.25) is 5.91 Å². The maximum absolute atomic E-state index is 12.6. The van der Waals surface area contributed by atoms with E-state index in [1.807, 2.05) is 24.3 Å². The average molecular weight is 436 g/mol. The molecule has 29 heavy (non-hydrogen) atoms. The van der Waals surface area contributed by atoms with Gasteiger partial charge >= 0.3 is 5.97 Å². The number of carbonyl (C=O) groups is 2. The SMILES string of the molecule is COC(=O)C1CC(NC(=O)CCc2ccc(CN)cc2)c2c(Cl)cc(Cl)cc2N1. The molecule has 0 aromatic heterocycles. The van der Waals surface area contributed by atoms with Crippen LogP contribution in [0.2, 0.25) is 10.0 Å². The molecule has 0 spiro atoms.